The molecule has 6 nitrogen and oxygen atoms in total. The summed E-state index contributed by atoms with van der Waals surface area (Å²) in [5.74, 6) is 0.168. The van der Waals surface area contributed by atoms with Crippen molar-refractivity contribution < 1.29 is 19.1 Å². The molecule has 0 radical (unpaired) electrons. The Labute approximate surface area is 197 Å². The summed E-state index contributed by atoms with van der Waals surface area (Å²) in [6.07, 6.45) is 0.879. The quantitative estimate of drug-likeness (QED) is 0.445. The maximum atomic E-state index is 13.6. The Morgan fingerprint density at radius 2 is 1.70 bits per heavy atom. The van der Waals surface area contributed by atoms with Crippen molar-refractivity contribution in [1.82, 2.24) is 0 Å². The zero-order valence-electron chi connectivity index (χ0n) is 18.3. The maximum absolute atomic E-state index is 13.6. The van der Waals surface area contributed by atoms with Crippen LogP contribution in [0, 0.1) is 0 Å². The fourth-order valence-corrected chi connectivity index (χ4v) is 3.72. The van der Waals surface area contributed by atoms with Gasteiger partial charge in [-0.3, -0.25) is 9.59 Å². The zero-order valence-corrected chi connectivity index (χ0v) is 19.1. The van der Waals surface area contributed by atoms with Gasteiger partial charge in [-0.25, -0.2) is 4.90 Å². The Bertz CT molecular complexity index is 1220. The van der Waals surface area contributed by atoms with Crippen LogP contribution in [0.2, 0.25) is 5.02 Å². The molecule has 2 amide bonds. The van der Waals surface area contributed by atoms with Gasteiger partial charge in [0.05, 0.1) is 25.0 Å². The molecule has 0 atom stereocenters. The molecule has 1 N–H and O–H groups in total. The van der Waals surface area contributed by atoms with Crippen LogP contribution in [-0.2, 0) is 9.59 Å². The second-order valence-electron chi connectivity index (χ2n) is 7.38. The third-order valence-corrected chi connectivity index (χ3v) is 5.37. The molecule has 7 heteroatoms. The van der Waals surface area contributed by atoms with Gasteiger partial charge in [-0.05, 0) is 48.4 Å². The highest BCUT2D eigenvalue weighted by atomic mass is 35.5. The summed E-state index contributed by atoms with van der Waals surface area (Å²) in [5, 5.41) is 3.69. The summed E-state index contributed by atoms with van der Waals surface area (Å²) in [7, 11) is 1.50. The molecule has 0 saturated heterocycles. The van der Waals surface area contributed by atoms with Gasteiger partial charge in [0.15, 0.2) is 0 Å². The monoisotopic (exact) mass is 462 g/mol. The molecule has 168 valence electrons. The van der Waals surface area contributed by atoms with Gasteiger partial charge >= 0.3 is 0 Å². The summed E-state index contributed by atoms with van der Waals surface area (Å²) in [6, 6.07) is 21.0. The Balaban J connectivity index is 1.78. The molecule has 0 unspecified atom stereocenters. The van der Waals surface area contributed by atoms with Crippen LogP contribution in [0.15, 0.2) is 78.5 Å². The molecule has 0 aliphatic carbocycles. The highest BCUT2D eigenvalue weighted by molar-refractivity contribution is 6.46. The van der Waals surface area contributed by atoms with Crippen molar-refractivity contribution in [2.24, 2.45) is 0 Å². The van der Waals surface area contributed by atoms with E-state index in [0.717, 1.165) is 11.3 Å². The molecule has 1 aliphatic heterocycles. The largest absolute Gasteiger partial charge is 0.495 e. The first-order valence-electron chi connectivity index (χ1n) is 10.6. The predicted octanol–water partition coefficient (Wildman–Crippen LogP) is 5.53. The van der Waals surface area contributed by atoms with Crippen LogP contribution in [0.25, 0.3) is 5.57 Å². The second kappa shape index (κ2) is 9.79. The van der Waals surface area contributed by atoms with Gasteiger partial charge in [0, 0.05) is 16.8 Å². The van der Waals surface area contributed by atoms with Crippen molar-refractivity contribution in [3.8, 4) is 11.5 Å². The molecule has 0 bridgehead atoms. The highest BCUT2D eigenvalue weighted by Gasteiger charge is 2.41. The van der Waals surface area contributed by atoms with Gasteiger partial charge in [0.1, 0.15) is 17.2 Å². The number of nitrogens with one attached hydrogen (secondary N) is 1. The Morgan fingerprint density at radius 3 is 2.42 bits per heavy atom. The average Bonchev–Trinajstić information content (AvgIpc) is 3.07. The van der Waals surface area contributed by atoms with Crippen LogP contribution < -0.4 is 19.7 Å². The number of ether oxygens (including phenoxy) is 2. The van der Waals surface area contributed by atoms with E-state index in [1.165, 1.54) is 7.11 Å². The van der Waals surface area contributed by atoms with Crippen molar-refractivity contribution in [3.05, 3.63) is 89.1 Å². The lowest BCUT2D eigenvalue weighted by molar-refractivity contribution is -0.120. The number of amides is 2. The SMILES string of the molecule is CCCOc1cccc(NC2=C(c3ccc(Cl)cc3)C(=O)N(c3ccccc3OC)C2=O)c1. The van der Waals surface area contributed by atoms with Gasteiger partial charge < -0.3 is 14.8 Å². The average molecular weight is 463 g/mol. The summed E-state index contributed by atoms with van der Waals surface area (Å²) in [5.41, 5.74) is 2.01. The van der Waals surface area contributed by atoms with E-state index in [4.69, 9.17) is 21.1 Å². The first-order chi connectivity index (χ1) is 16.0. The number of imide groups is 1. The lowest BCUT2D eigenvalue weighted by Gasteiger charge is -2.18. The number of nitrogens with zero attached hydrogens (tertiary/aromatic N) is 1. The van der Waals surface area contributed by atoms with Crippen molar-refractivity contribution >= 4 is 40.4 Å². The number of hydrogen-bond donors (Lipinski definition) is 1. The van der Waals surface area contributed by atoms with Crippen molar-refractivity contribution in [2.45, 2.75) is 13.3 Å². The number of para-hydroxylation sites is 2. The van der Waals surface area contributed by atoms with Crippen LogP contribution in [0.1, 0.15) is 18.9 Å². The van der Waals surface area contributed by atoms with Crippen LogP contribution >= 0.6 is 11.6 Å². The summed E-state index contributed by atoms with van der Waals surface area (Å²) >= 11 is 6.05. The van der Waals surface area contributed by atoms with Gasteiger partial charge in [-0.2, -0.15) is 0 Å². The molecule has 1 aliphatic rings. The Morgan fingerprint density at radius 1 is 0.939 bits per heavy atom. The number of anilines is 2. The van der Waals surface area contributed by atoms with Crippen LogP contribution in [-0.4, -0.2) is 25.5 Å². The number of methoxy groups -OCH3 is 1. The number of hydrogen-bond acceptors (Lipinski definition) is 5. The molecular formula is C26H23ClN2O4. The summed E-state index contributed by atoms with van der Waals surface area (Å²) in [6.45, 7) is 2.61. The molecular weight excluding hydrogens is 440 g/mol. The minimum absolute atomic E-state index is 0.167. The molecule has 0 aromatic heterocycles. The van der Waals surface area contributed by atoms with Gasteiger partial charge in [0.25, 0.3) is 11.8 Å². The van der Waals surface area contributed by atoms with E-state index in [-0.39, 0.29) is 11.3 Å². The molecule has 0 spiro atoms. The van der Waals surface area contributed by atoms with Crippen molar-refractivity contribution in [3.63, 3.8) is 0 Å². The number of benzene rings is 3. The maximum Gasteiger partial charge on any atom is 0.282 e. The van der Waals surface area contributed by atoms with Gasteiger partial charge in [-0.15, -0.1) is 0 Å². The van der Waals surface area contributed by atoms with Crippen LogP contribution in [0.5, 0.6) is 11.5 Å². The molecule has 3 aromatic carbocycles. The fourth-order valence-electron chi connectivity index (χ4n) is 3.59. The molecule has 1 heterocycles. The minimum Gasteiger partial charge on any atom is -0.495 e. The van der Waals surface area contributed by atoms with E-state index in [0.29, 0.717) is 40.1 Å². The zero-order chi connectivity index (χ0) is 23.4. The van der Waals surface area contributed by atoms with Gasteiger partial charge in [-0.1, -0.05) is 48.9 Å². The molecule has 4 rings (SSSR count). The first-order valence-corrected chi connectivity index (χ1v) is 10.9. The minimum atomic E-state index is -0.477. The lowest BCUT2D eigenvalue weighted by Crippen LogP contribution is -2.32. The summed E-state index contributed by atoms with van der Waals surface area (Å²) < 4.78 is 11.1. The molecule has 0 fully saturated rings. The van der Waals surface area contributed by atoms with Crippen LogP contribution in [0.3, 0.4) is 0 Å². The Kier molecular flexibility index (Phi) is 6.66. The van der Waals surface area contributed by atoms with E-state index in [1.807, 2.05) is 25.1 Å². The number of carbonyl (C=O) groups excluding carboxylic acids is 2. The van der Waals surface area contributed by atoms with E-state index in [9.17, 15) is 9.59 Å². The van der Waals surface area contributed by atoms with Gasteiger partial charge in [0.2, 0.25) is 0 Å². The van der Waals surface area contributed by atoms with E-state index in [2.05, 4.69) is 5.32 Å². The number of halogens is 1. The normalized spacial score (nSPS) is 13.5. The third-order valence-electron chi connectivity index (χ3n) is 5.12. The Hall–Kier alpha value is -3.77. The molecule has 3 aromatic rings. The fraction of sp³-hybridized carbons (Fsp3) is 0.154. The summed E-state index contributed by atoms with van der Waals surface area (Å²) in [4.78, 5) is 28.3. The molecule has 33 heavy (non-hydrogen) atoms. The highest BCUT2D eigenvalue weighted by Crippen LogP contribution is 2.38. The molecule has 0 saturated carbocycles. The smallest absolute Gasteiger partial charge is 0.282 e. The predicted molar refractivity (Wildman–Crippen MR) is 130 cm³/mol. The lowest BCUT2D eigenvalue weighted by atomic mass is 10.0. The van der Waals surface area contributed by atoms with Crippen LogP contribution in [0.4, 0.5) is 11.4 Å². The van der Waals surface area contributed by atoms with Crippen molar-refractivity contribution in [2.75, 3.05) is 23.9 Å². The van der Waals surface area contributed by atoms with E-state index >= 15 is 0 Å². The first kappa shape index (κ1) is 22.4. The second-order valence-corrected chi connectivity index (χ2v) is 7.81. The third kappa shape index (κ3) is 4.56. The topological polar surface area (TPSA) is 67.9 Å². The standard InChI is InChI=1S/C26H23ClN2O4/c1-3-15-33-20-8-6-7-19(16-20)28-24-23(17-11-13-18(27)14-12-17)25(30)29(26(24)31)21-9-4-5-10-22(21)32-2/h4-14,16,28H,3,15H2,1-2H3. The number of rotatable bonds is 8. The van der Waals surface area contributed by atoms with E-state index in [1.54, 1.807) is 54.6 Å². The van der Waals surface area contributed by atoms with E-state index < -0.39 is 11.8 Å². The number of carbonyl (C=O) groups is 2. The van der Waals surface area contributed by atoms with Crippen molar-refractivity contribution in [1.29, 1.82) is 0 Å².